The molecule has 0 saturated heterocycles. The molecule has 0 aromatic heterocycles. The number of benzene rings is 1. The van der Waals surface area contributed by atoms with Crippen LogP contribution in [0.2, 0.25) is 0 Å². The number of nitrogens with one attached hydrogen (secondary N) is 1. The van der Waals surface area contributed by atoms with Gasteiger partial charge < -0.3 is 20.1 Å². The van der Waals surface area contributed by atoms with Crippen LogP contribution < -0.4 is 10.8 Å². The molecule has 0 radical (unpaired) electrons. The molecule has 1 amide bonds. The molecule has 0 aliphatic heterocycles. The minimum atomic E-state index is -1.23. The zero-order valence-corrected chi connectivity index (χ0v) is 14.2. The van der Waals surface area contributed by atoms with E-state index in [9.17, 15) is 14.9 Å². The zero-order chi connectivity index (χ0) is 17.1. The summed E-state index contributed by atoms with van der Waals surface area (Å²) >= 11 is 0. The minimum Gasteiger partial charge on any atom is -0.423 e. The van der Waals surface area contributed by atoms with Crippen molar-refractivity contribution in [3.05, 3.63) is 29.3 Å². The summed E-state index contributed by atoms with van der Waals surface area (Å²) in [6.45, 7) is 10.8. The van der Waals surface area contributed by atoms with Crippen molar-refractivity contribution in [2.45, 2.75) is 52.7 Å². The molecule has 0 atom stereocenters. The van der Waals surface area contributed by atoms with Crippen LogP contribution in [-0.4, -0.2) is 40.9 Å². The van der Waals surface area contributed by atoms with Crippen molar-refractivity contribution >= 4 is 18.5 Å². The first-order valence-corrected chi connectivity index (χ1v) is 7.47. The lowest BCUT2D eigenvalue weighted by Gasteiger charge is -2.38. The van der Waals surface area contributed by atoms with Gasteiger partial charge in [0.2, 0.25) is 0 Å². The summed E-state index contributed by atoms with van der Waals surface area (Å²) in [7, 11) is -1.23. The standard InChI is InChI=1S/C16H26BNO4/c1-7-18-14(19)12-9-8-10-13(11(12)2)17(21)22-16(5,6)15(3,4)20/h8-10,20-21H,7H2,1-6H3,(H,18,19). The van der Waals surface area contributed by atoms with Gasteiger partial charge in [-0.15, -0.1) is 0 Å². The van der Waals surface area contributed by atoms with Gasteiger partial charge in [-0.1, -0.05) is 12.1 Å². The van der Waals surface area contributed by atoms with Gasteiger partial charge in [-0.05, 0) is 58.6 Å². The normalized spacial score (nSPS) is 12.2. The highest BCUT2D eigenvalue weighted by Crippen LogP contribution is 2.25. The van der Waals surface area contributed by atoms with E-state index in [1.54, 1.807) is 52.8 Å². The molecule has 0 fully saturated rings. The predicted molar refractivity (Wildman–Crippen MR) is 88.3 cm³/mol. The zero-order valence-electron chi connectivity index (χ0n) is 14.2. The molecule has 3 N–H and O–H groups in total. The average molecular weight is 307 g/mol. The molecule has 0 aliphatic carbocycles. The number of aliphatic hydroxyl groups is 1. The van der Waals surface area contributed by atoms with Gasteiger partial charge >= 0.3 is 7.12 Å². The van der Waals surface area contributed by atoms with Crippen LogP contribution in [0.15, 0.2) is 18.2 Å². The van der Waals surface area contributed by atoms with Gasteiger partial charge in [-0.3, -0.25) is 4.79 Å². The van der Waals surface area contributed by atoms with Gasteiger partial charge in [-0.25, -0.2) is 0 Å². The summed E-state index contributed by atoms with van der Waals surface area (Å²) in [6, 6.07) is 5.12. The lowest BCUT2D eigenvalue weighted by atomic mass is 9.73. The molecule has 122 valence electrons. The number of hydrogen-bond acceptors (Lipinski definition) is 4. The number of amides is 1. The molecule has 0 unspecified atom stereocenters. The van der Waals surface area contributed by atoms with E-state index in [-0.39, 0.29) is 5.91 Å². The second kappa shape index (κ2) is 6.81. The molecule has 1 rings (SSSR count). The molecule has 1 aromatic carbocycles. The molecule has 5 nitrogen and oxygen atoms in total. The van der Waals surface area contributed by atoms with Crippen LogP contribution >= 0.6 is 0 Å². The molecular weight excluding hydrogens is 281 g/mol. The van der Waals surface area contributed by atoms with Gasteiger partial charge in [0.05, 0.1) is 11.2 Å². The number of rotatable bonds is 6. The van der Waals surface area contributed by atoms with Crippen LogP contribution in [0, 0.1) is 6.92 Å². The minimum absolute atomic E-state index is 0.184. The topological polar surface area (TPSA) is 78.8 Å². The Morgan fingerprint density at radius 2 is 1.91 bits per heavy atom. The summed E-state index contributed by atoms with van der Waals surface area (Å²) in [6.07, 6.45) is 0. The van der Waals surface area contributed by atoms with Crippen molar-refractivity contribution < 1.29 is 19.6 Å². The van der Waals surface area contributed by atoms with Crippen LogP contribution in [0.4, 0.5) is 0 Å². The predicted octanol–water partition coefficient (Wildman–Crippen LogP) is 0.998. The number of carbonyl (C=O) groups excluding carboxylic acids is 1. The molecule has 0 heterocycles. The first kappa shape index (κ1) is 18.7. The van der Waals surface area contributed by atoms with Crippen molar-refractivity contribution in [3.63, 3.8) is 0 Å². The van der Waals surface area contributed by atoms with Gasteiger partial charge in [-0.2, -0.15) is 0 Å². The summed E-state index contributed by atoms with van der Waals surface area (Å²) < 4.78 is 5.64. The highest BCUT2D eigenvalue weighted by molar-refractivity contribution is 6.60. The Balaban J connectivity index is 3.07. The first-order chi connectivity index (χ1) is 10.0. The van der Waals surface area contributed by atoms with Gasteiger partial charge in [0.1, 0.15) is 0 Å². The molecule has 0 bridgehead atoms. The Labute approximate surface area is 132 Å². The maximum absolute atomic E-state index is 12.0. The van der Waals surface area contributed by atoms with Crippen LogP contribution in [-0.2, 0) is 4.65 Å². The van der Waals surface area contributed by atoms with E-state index < -0.39 is 18.3 Å². The Morgan fingerprint density at radius 1 is 1.32 bits per heavy atom. The lowest BCUT2D eigenvalue weighted by molar-refractivity contribution is -0.0982. The monoisotopic (exact) mass is 307 g/mol. The molecular formula is C16H26BNO4. The molecule has 0 spiro atoms. The molecule has 22 heavy (non-hydrogen) atoms. The van der Waals surface area contributed by atoms with Crippen molar-refractivity contribution in [1.29, 1.82) is 0 Å². The Morgan fingerprint density at radius 3 is 2.41 bits per heavy atom. The fraction of sp³-hybridized carbons (Fsp3) is 0.562. The van der Waals surface area contributed by atoms with Gasteiger partial charge in [0.25, 0.3) is 5.91 Å². The number of hydrogen-bond donors (Lipinski definition) is 3. The van der Waals surface area contributed by atoms with Crippen LogP contribution in [0.3, 0.4) is 0 Å². The van der Waals surface area contributed by atoms with Gasteiger partial charge in [0, 0.05) is 12.1 Å². The van der Waals surface area contributed by atoms with Crippen LogP contribution in [0.5, 0.6) is 0 Å². The molecule has 0 saturated carbocycles. The Kier molecular flexibility index (Phi) is 5.79. The van der Waals surface area contributed by atoms with E-state index in [4.69, 9.17) is 4.65 Å². The highest BCUT2D eigenvalue weighted by atomic mass is 16.5. The summed E-state index contributed by atoms with van der Waals surface area (Å²) in [5.74, 6) is -0.184. The van der Waals surface area contributed by atoms with E-state index >= 15 is 0 Å². The second-order valence-corrected chi connectivity index (χ2v) is 6.42. The molecule has 1 aromatic rings. The Bertz CT molecular complexity index is 537. The summed E-state index contributed by atoms with van der Waals surface area (Å²) in [5, 5.41) is 23.2. The average Bonchev–Trinajstić information content (AvgIpc) is 2.37. The third-order valence-corrected chi connectivity index (χ3v) is 4.10. The second-order valence-electron chi connectivity index (χ2n) is 6.42. The number of carbonyl (C=O) groups is 1. The quantitative estimate of drug-likeness (QED) is 0.685. The largest absolute Gasteiger partial charge is 0.491 e. The van der Waals surface area contributed by atoms with Crippen LogP contribution in [0.1, 0.15) is 50.5 Å². The van der Waals surface area contributed by atoms with Crippen LogP contribution in [0.25, 0.3) is 0 Å². The lowest BCUT2D eigenvalue weighted by Crippen LogP contribution is -2.53. The van der Waals surface area contributed by atoms with E-state index in [0.29, 0.717) is 23.1 Å². The van der Waals surface area contributed by atoms with Crippen molar-refractivity contribution in [1.82, 2.24) is 5.32 Å². The SMILES string of the molecule is CCNC(=O)c1cccc(B(O)OC(C)(C)C(C)(C)O)c1C. The third kappa shape index (κ3) is 4.09. The Hall–Kier alpha value is -1.37. The van der Waals surface area contributed by atoms with Crippen molar-refractivity contribution in [2.24, 2.45) is 0 Å². The summed E-state index contributed by atoms with van der Waals surface area (Å²) in [5.41, 5.74) is -0.406. The van der Waals surface area contributed by atoms with E-state index in [1.165, 1.54) is 0 Å². The maximum Gasteiger partial charge on any atom is 0.491 e. The summed E-state index contributed by atoms with van der Waals surface area (Å²) in [4.78, 5) is 12.0. The fourth-order valence-corrected chi connectivity index (χ4v) is 1.91. The first-order valence-electron chi connectivity index (χ1n) is 7.47. The third-order valence-electron chi connectivity index (χ3n) is 4.10. The van der Waals surface area contributed by atoms with E-state index in [0.717, 1.165) is 0 Å². The fourth-order valence-electron chi connectivity index (χ4n) is 1.91. The van der Waals surface area contributed by atoms with Crippen molar-refractivity contribution in [3.8, 4) is 0 Å². The highest BCUT2D eigenvalue weighted by Gasteiger charge is 2.40. The van der Waals surface area contributed by atoms with E-state index in [1.807, 2.05) is 6.92 Å². The maximum atomic E-state index is 12.0. The van der Waals surface area contributed by atoms with E-state index in [2.05, 4.69) is 5.32 Å². The molecule has 6 heteroatoms. The van der Waals surface area contributed by atoms with Gasteiger partial charge in [0.15, 0.2) is 0 Å². The molecule has 0 aliphatic rings. The van der Waals surface area contributed by atoms with Crippen molar-refractivity contribution in [2.75, 3.05) is 6.54 Å². The smallest absolute Gasteiger partial charge is 0.423 e.